The molecule has 3 rings (SSSR count). The van der Waals surface area contributed by atoms with Gasteiger partial charge < -0.3 is 4.98 Å². The van der Waals surface area contributed by atoms with E-state index in [-0.39, 0.29) is 11.1 Å². The van der Waals surface area contributed by atoms with E-state index in [2.05, 4.69) is 46.2 Å². The van der Waals surface area contributed by atoms with Crippen LogP contribution in [0.4, 0.5) is 0 Å². The van der Waals surface area contributed by atoms with Crippen molar-refractivity contribution in [1.29, 1.82) is 0 Å². The summed E-state index contributed by atoms with van der Waals surface area (Å²) in [4.78, 5) is 16.9. The number of hydrogen-bond donors (Lipinski definition) is 1. The minimum Gasteiger partial charge on any atom is -0.329 e. The predicted octanol–water partition coefficient (Wildman–Crippen LogP) is 0.675. The SMILES string of the molecule is CC(C)(C)n1nnnc1CN1CCc2cc[nH]c(=O)c2C1. The molecule has 3 heterocycles. The molecule has 0 fully saturated rings. The van der Waals surface area contributed by atoms with Crippen LogP contribution in [-0.4, -0.2) is 36.6 Å². The van der Waals surface area contributed by atoms with E-state index in [1.165, 1.54) is 0 Å². The van der Waals surface area contributed by atoms with Crippen LogP contribution in [0.1, 0.15) is 37.7 Å². The van der Waals surface area contributed by atoms with Crippen molar-refractivity contribution in [2.75, 3.05) is 6.54 Å². The summed E-state index contributed by atoms with van der Waals surface area (Å²) in [5, 5.41) is 12.0. The molecule has 0 spiro atoms. The van der Waals surface area contributed by atoms with E-state index in [4.69, 9.17) is 0 Å². The van der Waals surface area contributed by atoms with Gasteiger partial charge in [0.2, 0.25) is 0 Å². The molecule has 0 radical (unpaired) electrons. The topological polar surface area (TPSA) is 79.7 Å². The van der Waals surface area contributed by atoms with E-state index < -0.39 is 0 Å². The average molecular weight is 288 g/mol. The zero-order valence-electron chi connectivity index (χ0n) is 12.6. The van der Waals surface area contributed by atoms with E-state index in [0.29, 0.717) is 13.1 Å². The average Bonchev–Trinajstić information content (AvgIpc) is 2.88. The Morgan fingerprint density at radius 2 is 2.19 bits per heavy atom. The minimum absolute atomic E-state index is 0.00705. The summed E-state index contributed by atoms with van der Waals surface area (Å²) >= 11 is 0. The molecule has 0 aromatic carbocycles. The number of rotatable bonds is 2. The van der Waals surface area contributed by atoms with Crippen LogP contribution in [0.3, 0.4) is 0 Å². The molecule has 2 aromatic rings. The Labute approximate surface area is 123 Å². The normalized spacial score (nSPS) is 16.0. The van der Waals surface area contributed by atoms with Crippen LogP contribution in [0.15, 0.2) is 17.1 Å². The number of nitrogens with zero attached hydrogens (tertiary/aromatic N) is 5. The molecule has 0 saturated carbocycles. The molecule has 0 aliphatic carbocycles. The fourth-order valence-corrected chi connectivity index (χ4v) is 2.70. The first-order valence-corrected chi connectivity index (χ1v) is 7.14. The van der Waals surface area contributed by atoms with Gasteiger partial charge in [0.1, 0.15) is 0 Å². The van der Waals surface area contributed by atoms with Gasteiger partial charge in [0.25, 0.3) is 5.56 Å². The van der Waals surface area contributed by atoms with Crippen LogP contribution in [0.2, 0.25) is 0 Å². The van der Waals surface area contributed by atoms with Crippen LogP contribution >= 0.6 is 0 Å². The quantitative estimate of drug-likeness (QED) is 0.879. The number of tetrazole rings is 1. The monoisotopic (exact) mass is 288 g/mol. The molecule has 0 amide bonds. The predicted molar refractivity (Wildman–Crippen MR) is 77.7 cm³/mol. The number of fused-ring (bicyclic) bond motifs is 1. The van der Waals surface area contributed by atoms with Crippen LogP contribution in [0.5, 0.6) is 0 Å². The van der Waals surface area contributed by atoms with Gasteiger partial charge >= 0.3 is 0 Å². The lowest BCUT2D eigenvalue weighted by molar-refractivity contribution is 0.222. The van der Waals surface area contributed by atoms with Crippen LogP contribution in [0.25, 0.3) is 0 Å². The lowest BCUT2D eigenvalue weighted by Crippen LogP contribution is -2.36. The number of aromatic amines is 1. The van der Waals surface area contributed by atoms with Gasteiger partial charge in [0.05, 0.1) is 12.1 Å². The Kier molecular flexibility index (Phi) is 3.36. The molecule has 0 saturated heterocycles. The minimum atomic E-state index is -0.149. The summed E-state index contributed by atoms with van der Waals surface area (Å²) in [6.07, 6.45) is 2.60. The van der Waals surface area contributed by atoms with Gasteiger partial charge in [-0.1, -0.05) is 0 Å². The highest BCUT2D eigenvalue weighted by Crippen LogP contribution is 2.19. The Hall–Kier alpha value is -2.02. The lowest BCUT2D eigenvalue weighted by Gasteiger charge is -2.28. The lowest BCUT2D eigenvalue weighted by atomic mass is 10.0. The molecule has 0 unspecified atom stereocenters. The molecular formula is C14H20N6O. The summed E-state index contributed by atoms with van der Waals surface area (Å²) < 4.78 is 1.84. The smallest absolute Gasteiger partial charge is 0.252 e. The number of H-pyrrole nitrogens is 1. The molecule has 21 heavy (non-hydrogen) atoms. The van der Waals surface area contributed by atoms with Gasteiger partial charge in [-0.3, -0.25) is 9.69 Å². The second kappa shape index (κ2) is 5.07. The second-order valence-corrected chi connectivity index (χ2v) is 6.45. The van der Waals surface area contributed by atoms with Gasteiger partial charge in [0.15, 0.2) is 5.82 Å². The summed E-state index contributed by atoms with van der Waals surface area (Å²) in [7, 11) is 0. The van der Waals surface area contributed by atoms with E-state index in [9.17, 15) is 4.79 Å². The molecular weight excluding hydrogens is 268 g/mol. The third-order valence-corrected chi connectivity index (χ3v) is 3.77. The number of aromatic nitrogens is 5. The second-order valence-electron chi connectivity index (χ2n) is 6.45. The van der Waals surface area contributed by atoms with Crippen molar-refractivity contribution >= 4 is 0 Å². The van der Waals surface area contributed by atoms with Crippen molar-refractivity contribution in [1.82, 2.24) is 30.1 Å². The largest absolute Gasteiger partial charge is 0.329 e. The third-order valence-electron chi connectivity index (χ3n) is 3.77. The summed E-state index contributed by atoms with van der Waals surface area (Å²) in [5.41, 5.74) is 1.86. The number of nitrogens with one attached hydrogen (secondary N) is 1. The highest BCUT2D eigenvalue weighted by atomic mass is 16.1. The van der Waals surface area contributed by atoms with Gasteiger partial charge in [-0.15, -0.1) is 5.10 Å². The van der Waals surface area contributed by atoms with Crippen LogP contribution < -0.4 is 5.56 Å². The zero-order valence-corrected chi connectivity index (χ0v) is 12.6. The van der Waals surface area contributed by atoms with Gasteiger partial charge in [0, 0.05) is 24.8 Å². The maximum Gasteiger partial charge on any atom is 0.252 e. The maximum atomic E-state index is 11.9. The molecule has 7 nitrogen and oxygen atoms in total. The molecule has 2 aromatic heterocycles. The Morgan fingerprint density at radius 1 is 1.38 bits per heavy atom. The Balaban J connectivity index is 1.81. The first-order valence-electron chi connectivity index (χ1n) is 7.14. The zero-order chi connectivity index (χ0) is 15.0. The summed E-state index contributed by atoms with van der Waals surface area (Å²) in [6, 6.07) is 1.99. The van der Waals surface area contributed by atoms with Gasteiger partial charge in [-0.2, -0.15) is 0 Å². The molecule has 0 bridgehead atoms. The molecule has 1 N–H and O–H groups in total. The fraction of sp³-hybridized carbons (Fsp3) is 0.571. The highest BCUT2D eigenvalue weighted by Gasteiger charge is 2.24. The molecule has 7 heteroatoms. The van der Waals surface area contributed by atoms with Crippen molar-refractivity contribution in [2.45, 2.75) is 45.8 Å². The first kappa shape index (κ1) is 13.9. The van der Waals surface area contributed by atoms with Crippen molar-refractivity contribution in [3.05, 3.63) is 39.6 Å². The molecule has 1 aliphatic rings. The van der Waals surface area contributed by atoms with E-state index >= 15 is 0 Å². The van der Waals surface area contributed by atoms with Crippen molar-refractivity contribution in [3.8, 4) is 0 Å². The van der Waals surface area contributed by atoms with Gasteiger partial charge in [-0.25, -0.2) is 4.68 Å². The fourth-order valence-electron chi connectivity index (χ4n) is 2.70. The highest BCUT2D eigenvalue weighted by molar-refractivity contribution is 5.25. The van der Waals surface area contributed by atoms with Crippen molar-refractivity contribution in [2.24, 2.45) is 0 Å². The third kappa shape index (κ3) is 2.73. The van der Waals surface area contributed by atoms with E-state index in [1.807, 2.05) is 10.7 Å². The molecule has 0 atom stereocenters. The maximum absolute atomic E-state index is 11.9. The van der Waals surface area contributed by atoms with Crippen molar-refractivity contribution < 1.29 is 0 Å². The van der Waals surface area contributed by atoms with Crippen molar-refractivity contribution in [3.63, 3.8) is 0 Å². The molecule has 112 valence electrons. The molecule has 1 aliphatic heterocycles. The number of pyridine rings is 1. The Bertz CT molecular complexity index is 696. The van der Waals surface area contributed by atoms with E-state index in [0.717, 1.165) is 29.9 Å². The summed E-state index contributed by atoms with van der Waals surface area (Å²) in [6.45, 7) is 8.42. The van der Waals surface area contributed by atoms with E-state index in [1.54, 1.807) is 6.20 Å². The van der Waals surface area contributed by atoms with Crippen LogP contribution in [-0.2, 0) is 25.0 Å². The standard InChI is InChI=1S/C14H20N6O/c1-14(2,3)20-12(16-17-18-20)9-19-7-5-10-4-6-15-13(21)11(10)8-19/h4,6H,5,7-9H2,1-3H3,(H,15,21). The Morgan fingerprint density at radius 3 is 2.95 bits per heavy atom. The number of hydrogen-bond acceptors (Lipinski definition) is 5. The van der Waals surface area contributed by atoms with Crippen LogP contribution in [0, 0.1) is 0 Å². The van der Waals surface area contributed by atoms with Gasteiger partial charge in [-0.05, 0) is 49.2 Å². The summed E-state index contributed by atoms with van der Waals surface area (Å²) in [5.74, 6) is 0.832. The first-order chi connectivity index (χ1) is 9.95.